The van der Waals surface area contributed by atoms with Crippen molar-refractivity contribution in [2.75, 3.05) is 26.3 Å². The van der Waals surface area contributed by atoms with Crippen LogP contribution in [-0.4, -0.2) is 47.9 Å². The van der Waals surface area contributed by atoms with Crippen molar-refractivity contribution in [2.24, 2.45) is 0 Å². The van der Waals surface area contributed by atoms with E-state index in [-0.39, 0.29) is 5.91 Å². The molecule has 2 aromatic rings. The third-order valence-corrected chi connectivity index (χ3v) is 6.16. The average Bonchev–Trinajstić information content (AvgIpc) is 3.26. The van der Waals surface area contributed by atoms with Gasteiger partial charge in [0.25, 0.3) is 0 Å². The van der Waals surface area contributed by atoms with Gasteiger partial charge in [0.05, 0.1) is 28.4 Å². The van der Waals surface area contributed by atoms with Crippen LogP contribution in [0.15, 0.2) is 24.3 Å². The number of carbonyl (C=O) groups excluding carboxylic acids is 1. The second kappa shape index (κ2) is 7.40. The third kappa shape index (κ3) is 3.86. The molecule has 25 heavy (non-hydrogen) atoms. The van der Waals surface area contributed by atoms with Crippen LogP contribution in [0.5, 0.6) is 0 Å². The molecular formula is C19H24N2O3S. The van der Waals surface area contributed by atoms with Crippen LogP contribution in [0.4, 0.5) is 0 Å². The van der Waals surface area contributed by atoms with Gasteiger partial charge in [0.1, 0.15) is 0 Å². The molecule has 0 saturated carbocycles. The summed E-state index contributed by atoms with van der Waals surface area (Å²) < 4.78 is 12.7. The summed E-state index contributed by atoms with van der Waals surface area (Å²) in [5, 5.41) is 1.17. The Balaban J connectivity index is 1.19. The van der Waals surface area contributed by atoms with Gasteiger partial charge in [-0.25, -0.2) is 4.98 Å². The molecule has 0 N–H and O–H groups in total. The van der Waals surface area contributed by atoms with Gasteiger partial charge >= 0.3 is 0 Å². The number of hydrogen-bond acceptors (Lipinski definition) is 5. The molecule has 4 rings (SSSR count). The third-order valence-electron chi connectivity index (χ3n) is 5.06. The Morgan fingerprint density at radius 1 is 1.16 bits per heavy atom. The highest BCUT2D eigenvalue weighted by Gasteiger charge is 2.40. The number of para-hydroxylation sites is 1. The molecule has 2 aliphatic rings. The summed E-state index contributed by atoms with van der Waals surface area (Å²) in [4.78, 5) is 19.0. The van der Waals surface area contributed by atoms with Gasteiger partial charge in [0.2, 0.25) is 5.91 Å². The number of unbranched alkanes of at least 4 members (excludes halogenated alkanes) is 1. The fourth-order valence-corrected chi connectivity index (χ4v) is 4.63. The smallest absolute Gasteiger partial charge is 0.222 e. The maximum atomic E-state index is 12.4. The number of hydrogen-bond donors (Lipinski definition) is 0. The van der Waals surface area contributed by atoms with Gasteiger partial charge in [0.15, 0.2) is 5.79 Å². The van der Waals surface area contributed by atoms with Crippen LogP contribution in [0.2, 0.25) is 0 Å². The fourth-order valence-electron chi connectivity index (χ4n) is 3.62. The van der Waals surface area contributed by atoms with Gasteiger partial charge in [-0.15, -0.1) is 11.3 Å². The maximum absolute atomic E-state index is 12.4. The number of amides is 1. The van der Waals surface area contributed by atoms with Gasteiger partial charge < -0.3 is 14.4 Å². The Bertz CT molecular complexity index is 696. The van der Waals surface area contributed by atoms with E-state index in [2.05, 4.69) is 17.1 Å². The molecule has 1 amide bonds. The highest BCUT2D eigenvalue weighted by atomic mass is 32.1. The number of aromatic nitrogens is 1. The van der Waals surface area contributed by atoms with Gasteiger partial charge in [-0.3, -0.25) is 4.79 Å². The predicted octanol–water partition coefficient (Wildman–Crippen LogP) is 3.37. The number of nitrogens with zero attached hydrogens (tertiary/aromatic N) is 2. The molecule has 2 fully saturated rings. The highest BCUT2D eigenvalue weighted by molar-refractivity contribution is 7.18. The summed E-state index contributed by atoms with van der Waals surface area (Å²) >= 11 is 1.76. The summed E-state index contributed by atoms with van der Waals surface area (Å²) in [6, 6.07) is 8.24. The molecule has 1 aromatic heterocycles. The summed E-state index contributed by atoms with van der Waals surface area (Å²) in [5.41, 5.74) is 1.08. The second-order valence-electron chi connectivity index (χ2n) is 6.77. The number of carbonyl (C=O) groups is 1. The van der Waals surface area contributed by atoms with Crippen LogP contribution in [0.1, 0.15) is 37.1 Å². The van der Waals surface area contributed by atoms with Crippen molar-refractivity contribution in [1.29, 1.82) is 0 Å². The summed E-state index contributed by atoms with van der Waals surface area (Å²) in [6.45, 7) is 2.85. The highest BCUT2D eigenvalue weighted by Crippen LogP contribution is 2.31. The molecule has 0 unspecified atom stereocenters. The molecular weight excluding hydrogens is 336 g/mol. The zero-order valence-electron chi connectivity index (χ0n) is 14.4. The molecule has 2 saturated heterocycles. The SMILES string of the molecule is O=C(CCCCc1nc2ccccc2s1)N1CCC2(CC1)OCCO2. The lowest BCUT2D eigenvalue weighted by Crippen LogP contribution is -2.47. The number of ether oxygens (including phenoxy) is 2. The minimum atomic E-state index is -0.399. The van der Waals surface area contributed by atoms with Crippen LogP contribution in [0.25, 0.3) is 10.2 Å². The van der Waals surface area contributed by atoms with E-state index in [0.29, 0.717) is 19.6 Å². The van der Waals surface area contributed by atoms with Crippen LogP contribution in [0.3, 0.4) is 0 Å². The lowest BCUT2D eigenvalue weighted by atomic mass is 10.0. The maximum Gasteiger partial charge on any atom is 0.222 e. The summed E-state index contributed by atoms with van der Waals surface area (Å²) in [6.07, 6.45) is 5.10. The fraction of sp³-hybridized carbons (Fsp3) is 0.579. The average molecular weight is 360 g/mol. The Hall–Kier alpha value is -1.50. The quantitative estimate of drug-likeness (QED) is 0.767. The molecule has 0 bridgehead atoms. The van der Waals surface area contributed by atoms with E-state index < -0.39 is 5.79 Å². The van der Waals surface area contributed by atoms with Crippen molar-refractivity contribution in [3.8, 4) is 0 Å². The summed E-state index contributed by atoms with van der Waals surface area (Å²) in [7, 11) is 0. The molecule has 6 heteroatoms. The molecule has 1 spiro atoms. The number of piperidine rings is 1. The normalized spacial score (nSPS) is 19.8. The van der Waals surface area contributed by atoms with Crippen LogP contribution in [-0.2, 0) is 20.7 Å². The van der Waals surface area contributed by atoms with Crippen molar-refractivity contribution < 1.29 is 14.3 Å². The molecule has 0 aliphatic carbocycles. The number of rotatable bonds is 5. The number of likely N-dealkylation sites (tertiary alicyclic amines) is 1. The van der Waals surface area contributed by atoms with E-state index in [1.54, 1.807) is 11.3 Å². The van der Waals surface area contributed by atoms with Gasteiger partial charge in [-0.2, -0.15) is 0 Å². The lowest BCUT2D eigenvalue weighted by molar-refractivity contribution is -0.187. The first-order valence-corrected chi connectivity index (χ1v) is 9.96. The van der Waals surface area contributed by atoms with Gasteiger partial charge in [-0.05, 0) is 31.4 Å². The molecule has 1 aromatic carbocycles. The Kier molecular flexibility index (Phi) is 5.01. The molecule has 2 aliphatic heterocycles. The standard InChI is InChI=1S/C19H24N2O3S/c22-18(21-11-9-19(10-12-21)23-13-14-24-19)8-4-3-7-17-20-15-5-1-2-6-16(15)25-17/h1-2,5-6H,3-4,7-14H2. The largest absolute Gasteiger partial charge is 0.347 e. The van der Waals surface area contributed by atoms with Crippen molar-refractivity contribution in [3.05, 3.63) is 29.3 Å². The number of benzene rings is 1. The monoisotopic (exact) mass is 360 g/mol. The Morgan fingerprint density at radius 2 is 1.92 bits per heavy atom. The van der Waals surface area contributed by atoms with Crippen LogP contribution >= 0.6 is 11.3 Å². The van der Waals surface area contributed by atoms with Gasteiger partial charge in [0, 0.05) is 32.4 Å². The number of aryl methyl sites for hydroxylation is 1. The van der Waals surface area contributed by atoms with Crippen molar-refractivity contribution in [2.45, 2.75) is 44.3 Å². The van der Waals surface area contributed by atoms with E-state index in [9.17, 15) is 4.79 Å². The molecule has 0 atom stereocenters. The molecule has 134 valence electrons. The molecule has 0 radical (unpaired) electrons. The van der Waals surface area contributed by atoms with Crippen molar-refractivity contribution in [3.63, 3.8) is 0 Å². The Morgan fingerprint density at radius 3 is 2.68 bits per heavy atom. The van der Waals surface area contributed by atoms with E-state index >= 15 is 0 Å². The topological polar surface area (TPSA) is 51.7 Å². The van der Waals surface area contributed by atoms with E-state index in [1.165, 1.54) is 9.71 Å². The van der Waals surface area contributed by atoms with Crippen molar-refractivity contribution >= 4 is 27.5 Å². The van der Waals surface area contributed by atoms with Crippen molar-refractivity contribution in [1.82, 2.24) is 9.88 Å². The Labute approximate surface area is 151 Å². The van der Waals surface area contributed by atoms with Crippen LogP contribution in [0, 0.1) is 0 Å². The van der Waals surface area contributed by atoms with Crippen LogP contribution < -0.4 is 0 Å². The summed E-state index contributed by atoms with van der Waals surface area (Å²) in [5.74, 6) is -0.138. The molecule has 5 nitrogen and oxygen atoms in total. The number of fused-ring (bicyclic) bond motifs is 1. The zero-order valence-corrected chi connectivity index (χ0v) is 15.2. The predicted molar refractivity (Wildman–Crippen MR) is 97.6 cm³/mol. The second-order valence-corrected chi connectivity index (χ2v) is 7.89. The lowest BCUT2D eigenvalue weighted by Gasteiger charge is -2.37. The first-order valence-electron chi connectivity index (χ1n) is 9.14. The van der Waals surface area contributed by atoms with E-state index in [1.807, 2.05) is 17.0 Å². The van der Waals surface area contributed by atoms with E-state index in [4.69, 9.17) is 9.47 Å². The first kappa shape index (κ1) is 16.9. The minimum Gasteiger partial charge on any atom is -0.347 e. The minimum absolute atomic E-state index is 0.261. The zero-order chi connectivity index (χ0) is 17.1. The number of thiazole rings is 1. The van der Waals surface area contributed by atoms with E-state index in [0.717, 1.165) is 50.7 Å². The van der Waals surface area contributed by atoms with Gasteiger partial charge in [-0.1, -0.05) is 12.1 Å². The first-order chi connectivity index (χ1) is 12.2. The molecule has 3 heterocycles.